The van der Waals surface area contributed by atoms with Crippen LogP contribution in [0.1, 0.15) is 20.8 Å². The van der Waals surface area contributed by atoms with Crippen LogP contribution in [0.4, 0.5) is 0 Å². The van der Waals surface area contributed by atoms with Crippen molar-refractivity contribution in [3.05, 3.63) is 34.7 Å². The van der Waals surface area contributed by atoms with Crippen molar-refractivity contribution in [3.8, 4) is 6.07 Å². The second-order valence-electron chi connectivity index (χ2n) is 3.84. The molecule has 0 N–H and O–H groups in total. The Hall–Kier alpha value is -1.54. The Morgan fingerprint density at radius 2 is 1.81 bits per heavy atom. The number of hydrogen-bond acceptors (Lipinski definition) is 3. The Kier molecular flexibility index (Phi) is 3.24. The quantitative estimate of drug-likeness (QED) is 0.701. The third-order valence-corrected chi connectivity index (χ3v) is 3.35. The highest BCUT2D eigenvalue weighted by Crippen LogP contribution is 2.25. The van der Waals surface area contributed by atoms with Crippen molar-refractivity contribution in [2.24, 2.45) is 0 Å². The van der Waals surface area contributed by atoms with Crippen molar-refractivity contribution in [1.29, 1.82) is 5.26 Å². The molecule has 0 aromatic rings. The minimum atomic E-state index is -3.46. The van der Waals surface area contributed by atoms with Gasteiger partial charge in [0, 0.05) is 5.70 Å². The average Bonchev–Trinajstić information content (AvgIpc) is 2.19. The molecular weight excluding hydrogens is 224 g/mol. The summed E-state index contributed by atoms with van der Waals surface area (Å²) in [5.41, 5.74) is 2.27. The lowest BCUT2D eigenvalue weighted by molar-refractivity contribution is 0.539. The fourth-order valence-corrected chi connectivity index (χ4v) is 2.83. The zero-order chi connectivity index (χ0) is 12.5. The molecule has 0 saturated heterocycles. The Labute approximate surface area is 96.2 Å². The summed E-state index contributed by atoms with van der Waals surface area (Å²) in [6.45, 7) is 5.27. The molecule has 0 unspecified atom stereocenters. The van der Waals surface area contributed by atoms with E-state index >= 15 is 0 Å². The molecule has 5 heteroatoms. The van der Waals surface area contributed by atoms with Crippen LogP contribution in [0.2, 0.25) is 0 Å². The summed E-state index contributed by atoms with van der Waals surface area (Å²) in [4.78, 5) is 0. The van der Waals surface area contributed by atoms with Gasteiger partial charge in [-0.2, -0.15) is 5.26 Å². The fraction of sp³-hybridized carbons (Fsp3) is 0.364. The average molecular weight is 238 g/mol. The van der Waals surface area contributed by atoms with E-state index in [0.29, 0.717) is 11.3 Å². The predicted molar refractivity (Wildman–Crippen MR) is 62.5 cm³/mol. The first-order chi connectivity index (χ1) is 7.27. The maximum atomic E-state index is 11.6. The van der Waals surface area contributed by atoms with Crippen LogP contribution in [0, 0.1) is 11.3 Å². The summed E-state index contributed by atoms with van der Waals surface area (Å²) in [5, 5.41) is 9.05. The van der Waals surface area contributed by atoms with E-state index < -0.39 is 10.0 Å². The van der Waals surface area contributed by atoms with E-state index in [1.54, 1.807) is 26.0 Å². The lowest BCUT2D eigenvalue weighted by atomic mass is 10.2. The van der Waals surface area contributed by atoms with Crippen LogP contribution >= 0.6 is 0 Å². The standard InChI is InChI=1S/C11H14N2O2S/c1-8-5-9(2)11(7-12)13(10(3)6-8)16(4,14)15/h5-6H,1-4H3. The number of nitriles is 1. The van der Waals surface area contributed by atoms with E-state index in [4.69, 9.17) is 5.26 Å². The van der Waals surface area contributed by atoms with Gasteiger partial charge in [-0.1, -0.05) is 6.08 Å². The van der Waals surface area contributed by atoms with E-state index in [-0.39, 0.29) is 5.70 Å². The summed E-state index contributed by atoms with van der Waals surface area (Å²) in [7, 11) is -3.46. The molecule has 1 heterocycles. The number of nitrogens with zero attached hydrogens (tertiary/aromatic N) is 2. The molecule has 1 rings (SSSR count). The van der Waals surface area contributed by atoms with Crippen LogP contribution in [-0.4, -0.2) is 19.0 Å². The van der Waals surface area contributed by atoms with Gasteiger partial charge in [0.25, 0.3) is 0 Å². The Bertz CT molecular complexity index is 545. The zero-order valence-corrected chi connectivity index (χ0v) is 10.6. The highest BCUT2D eigenvalue weighted by Gasteiger charge is 2.24. The minimum Gasteiger partial charge on any atom is -0.233 e. The van der Waals surface area contributed by atoms with E-state index in [2.05, 4.69) is 0 Å². The van der Waals surface area contributed by atoms with Crippen molar-refractivity contribution in [1.82, 2.24) is 4.31 Å². The molecule has 0 saturated carbocycles. The number of rotatable bonds is 1. The summed E-state index contributed by atoms with van der Waals surface area (Å²) < 4.78 is 24.4. The molecule has 1 aliphatic heterocycles. The monoisotopic (exact) mass is 238 g/mol. The smallest absolute Gasteiger partial charge is 0.233 e. The number of allylic oxidation sites excluding steroid dienone is 6. The maximum absolute atomic E-state index is 11.6. The lowest BCUT2D eigenvalue weighted by Crippen LogP contribution is -2.27. The van der Waals surface area contributed by atoms with Gasteiger partial charge in [0.05, 0.1) is 6.26 Å². The molecule has 0 bridgehead atoms. The topological polar surface area (TPSA) is 61.2 Å². The first-order valence-electron chi connectivity index (χ1n) is 4.75. The lowest BCUT2D eigenvalue weighted by Gasteiger charge is -2.21. The van der Waals surface area contributed by atoms with Gasteiger partial charge in [0.1, 0.15) is 11.8 Å². The summed E-state index contributed by atoms with van der Waals surface area (Å²) in [5.74, 6) is 0. The molecule has 0 aromatic heterocycles. The second-order valence-corrected chi connectivity index (χ2v) is 5.68. The van der Waals surface area contributed by atoms with Crippen LogP contribution in [0.25, 0.3) is 0 Å². The van der Waals surface area contributed by atoms with Gasteiger partial charge in [-0.15, -0.1) is 0 Å². The number of sulfonamides is 1. The Balaban J connectivity index is 3.55. The maximum Gasteiger partial charge on any atom is 0.236 e. The molecule has 16 heavy (non-hydrogen) atoms. The molecule has 0 fully saturated rings. The summed E-state index contributed by atoms with van der Waals surface area (Å²) in [6.07, 6.45) is 4.64. The predicted octanol–water partition coefficient (Wildman–Crippen LogP) is 1.91. The van der Waals surface area contributed by atoms with Crippen LogP contribution in [0.3, 0.4) is 0 Å². The van der Waals surface area contributed by atoms with Gasteiger partial charge in [0.15, 0.2) is 0 Å². The molecule has 0 aromatic carbocycles. The molecule has 0 spiro atoms. The van der Waals surface area contributed by atoms with Gasteiger partial charge in [-0.05, 0) is 38.0 Å². The highest BCUT2D eigenvalue weighted by molar-refractivity contribution is 7.88. The molecule has 0 aliphatic carbocycles. The van der Waals surface area contributed by atoms with Crippen molar-refractivity contribution in [2.75, 3.05) is 6.26 Å². The van der Waals surface area contributed by atoms with Crippen molar-refractivity contribution in [2.45, 2.75) is 20.8 Å². The molecule has 0 amide bonds. The number of hydrogen-bond donors (Lipinski definition) is 0. The largest absolute Gasteiger partial charge is 0.236 e. The van der Waals surface area contributed by atoms with Gasteiger partial charge in [0.2, 0.25) is 10.0 Å². The van der Waals surface area contributed by atoms with Gasteiger partial charge >= 0.3 is 0 Å². The fourth-order valence-electron chi connectivity index (χ4n) is 1.74. The van der Waals surface area contributed by atoms with E-state index in [1.807, 2.05) is 13.0 Å². The zero-order valence-electron chi connectivity index (χ0n) is 9.77. The van der Waals surface area contributed by atoms with Crippen molar-refractivity contribution in [3.63, 3.8) is 0 Å². The highest BCUT2D eigenvalue weighted by atomic mass is 32.2. The van der Waals surface area contributed by atoms with Crippen LogP contribution in [-0.2, 0) is 10.0 Å². The third-order valence-electron chi connectivity index (χ3n) is 2.22. The van der Waals surface area contributed by atoms with Crippen molar-refractivity contribution < 1.29 is 8.42 Å². The Morgan fingerprint density at radius 3 is 2.25 bits per heavy atom. The first-order valence-corrected chi connectivity index (χ1v) is 6.60. The van der Waals surface area contributed by atoms with E-state index in [9.17, 15) is 8.42 Å². The van der Waals surface area contributed by atoms with E-state index in [1.165, 1.54) is 0 Å². The molecule has 0 radical (unpaired) electrons. The second kappa shape index (κ2) is 4.14. The molecule has 1 aliphatic rings. The van der Waals surface area contributed by atoms with Crippen molar-refractivity contribution >= 4 is 10.0 Å². The molecule has 86 valence electrons. The molecular formula is C11H14N2O2S. The van der Waals surface area contributed by atoms with Gasteiger partial charge < -0.3 is 0 Å². The first kappa shape index (κ1) is 12.5. The van der Waals surface area contributed by atoms with Crippen LogP contribution in [0.5, 0.6) is 0 Å². The molecule has 0 atom stereocenters. The van der Waals surface area contributed by atoms with Crippen LogP contribution < -0.4 is 0 Å². The SMILES string of the molecule is CC1=CC(C)=C(C#N)N(S(C)(=O)=O)C(C)=C1. The normalized spacial score (nSPS) is 17.6. The van der Waals surface area contributed by atoms with Crippen LogP contribution in [0.15, 0.2) is 34.7 Å². The van der Waals surface area contributed by atoms with E-state index in [0.717, 1.165) is 16.1 Å². The van der Waals surface area contributed by atoms with Gasteiger partial charge in [-0.3, -0.25) is 0 Å². The summed E-state index contributed by atoms with van der Waals surface area (Å²) >= 11 is 0. The van der Waals surface area contributed by atoms with Gasteiger partial charge in [-0.25, -0.2) is 12.7 Å². The molecule has 4 nitrogen and oxygen atoms in total. The third kappa shape index (κ3) is 2.34. The summed E-state index contributed by atoms with van der Waals surface area (Å²) in [6, 6.07) is 1.94. The Morgan fingerprint density at radius 1 is 1.25 bits per heavy atom. The minimum absolute atomic E-state index is 0.160.